The summed E-state index contributed by atoms with van der Waals surface area (Å²) in [6.45, 7) is 0.640. The number of fused-ring (bicyclic) bond motifs is 1. The number of benzene rings is 1. The SMILES string of the molecule is N#CCC(=O)Nc1cc2c(cc1[N+](=O)[O-])OCCO2. The summed E-state index contributed by atoms with van der Waals surface area (Å²) in [4.78, 5) is 21.6. The third-order valence-corrected chi connectivity index (χ3v) is 2.37. The normalized spacial score (nSPS) is 12.4. The van der Waals surface area contributed by atoms with Gasteiger partial charge in [0.1, 0.15) is 25.3 Å². The van der Waals surface area contributed by atoms with Crippen LogP contribution in [-0.2, 0) is 4.79 Å². The molecule has 1 N–H and O–H groups in total. The van der Waals surface area contributed by atoms with Crippen LogP contribution in [0.25, 0.3) is 0 Å². The van der Waals surface area contributed by atoms with Crippen LogP contribution in [0.2, 0.25) is 0 Å². The van der Waals surface area contributed by atoms with Gasteiger partial charge in [-0.1, -0.05) is 0 Å². The highest BCUT2D eigenvalue weighted by Crippen LogP contribution is 2.39. The fourth-order valence-corrected chi connectivity index (χ4v) is 1.60. The van der Waals surface area contributed by atoms with Gasteiger partial charge in [0.2, 0.25) is 5.91 Å². The number of nitro benzene ring substituents is 1. The first kappa shape index (κ1) is 12.6. The number of nitrogens with one attached hydrogen (secondary N) is 1. The van der Waals surface area contributed by atoms with Crippen LogP contribution in [0.1, 0.15) is 6.42 Å². The van der Waals surface area contributed by atoms with E-state index in [1.807, 2.05) is 0 Å². The van der Waals surface area contributed by atoms with Crippen molar-refractivity contribution in [1.29, 1.82) is 5.26 Å². The second-order valence-corrected chi connectivity index (χ2v) is 3.65. The average Bonchev–Trinajstić information content (AvgIpc) is 2.38. The Morgan fingerprint density at radius 2 is 2.05 bits per heavy atom. The van der Waals surface area contributed by atoms with Gasteiger partial charge in [-0.05, 0) is 0 Å². The monoisotopic (exact) mass is 263 g/mol. The molecule has 0 saturated heterocycles. The van der Waals surface area contributed by atoms with Crippen molar-refractivity contribution in [2.75, 3.05) is 18.5 Å². The van der Waals surface area contributed by atoms with Gasteiger partial charge < -0.3 is 14.8 Å². The molecule has 1 aromatic rings. The largest absolute Gasteiger partial charge is 0.486 e. The molecule has 0 unspecified atom stereocenters. The zero-order valence-electron chi connectivity index (χ0n) is 9.71. The maximum absolute atomic E-state index is 11.3. The van der Waals surface area contributed by atoms with E-state index in [9.17, 15) is 14.9 Å². The summed E-state index contributed by atoms with van der Waals surface area (Å²) in [7, 11) is 0. The molecule has 19 heavy (non-hydrogen) atoms. The summed E-state index contributed by atoms with van der Waals surface area (Å²) < 4.78 is 10.5. The number of anilines is 1. The maximum atomic E-state index is 11.3. The van der Waals surface area contributed by atoms with E-state index in [0.29, 0.717) is 19.0 Å². The van der Waals surface area contributed by atoms with E-state index in [1.54, 1.807) is 6.07 Å². The molecule has 0 saturated carbocycles. The van der Waals surface area contributed by atoms with Crippen molar-refractivity contribution in [2.24, 2.45) is 0 Å². The third kappa shape index (κ3) is 2.71. The number of rotatable bonds is 3. The molecule has 0 aliphatic carbocycles. The molecule has 1 aliphatic rings. The van der Waals surface area contributed by atoms with Crippen LogP contribution in [-0.4, -0.2) is 24.0 Å². The number of ether oxygens (including phenoxy) is 2. The quantitative estimate of drug-likeness (QED) is 0.647. The van der Waals surface area contributed by atoms with Crippen LogP contribution < -0.4 is 14.8 Å². The predicted molar refractivity (Wildman–Crippen MR) is 62.9 cm³/mol. The second kappa shape index (κ2) is 5.22. The molecule has 1 amide bonds. The minimum Gasteiger partial charge on any atom is -0.486 e. The Kier molecular flexibility index (Phi) is 3.47. The zero-order valence-corrected chi connectivity index (χ0v) is 9.71. The third-order valence-electron chi connectivity index (χ3n) is 2.37. The fraction of sp³-hybridized carbons (Fsp3) is 0.273. The van der Waals surface area contributed by atoms with Crippen LogP contribution >= 0.6 is 0 Å². The minimum absolute atomic E-state index is 0.0190. The molecular formula is C11H9N3O5. The van der Waals surface area contributed by atoms with Crippen LogP contribution in [0.3, 0.4) is 0 Å². The number of nitriles is 1. The van der Waals surface area contributed by atoms with Gasteiger partial charge in [-0.2, -0.15) is 5.26 Å². The number of carbonyl (C=O) groups is 1. The van der Waals surface area contributed by atoms with E-state index in [0.717, 1.165) is 0 Å². The lowest BCUT2D eigenvalue weighted by Gasteiger charge is -2.19. The highest BCUT2D eigenvalue weighted by molar-refractivity contribution is 5.94. The molecule has 8 heteroatoms. The Morgan fingerprint density at radius 1 is 1.42 bits per heavy atom. The lowest BCUT2D eigenvalue weighted by Crippen LogP contribution is -2.17. The van der Waals surface area contributed by atoms with Gasteiger partial charge in [0, 0.05) is 6.07 Å². The number of amides is 1. The number of hydrogen-bond acceptors (Lipinski definition) is 6. The first-order valence-corrected chi connectivity index (χ1v) is 5.36. The Balaban J connectivity index is 2.37. The van der Waals surface area contributed by atoms with Crippen molar-refractivity contribution in [2.45, 2.75) is 6.42 Å². The summed E-state index contributed by atoms with van der Waals surface area (Å²) in [6, 6.07) is 4.17. The van der Waals surface area contributed by atoms with E-state index in [4.69, 9.17) is 14.7 Å². The molecule has 2 rings (SSSR count). The number of nitro groups is 1. The smallest absolute Gasteiger partial charge is 0.296 e. The Bertz CT molecular complexity index is 578. The summed E-state index contributed by atoms with van der Waals surface area (Å²) >= 11 is 0. The molecule has 1 aromatic carbocycles. The van der Waals surface area contributed by atoms with Crippen molar-refractivity contribution in [3.63, 3.8) is 0 Å². The topological polar surface area (TPSA) is 114 Å². The second-order valence-electron chi connectivity index (χ2n) is 3.65. The van der Waals surface area contributed by atoms with Gasteiger partial charge in [-0.15, -0.1) is 0 Å². The van der Waals surface area contributed by atoms with E-state index in [2.05, 4.69) is 5.32 Å². The Labute approximate surface area is 107 Å². The summed E-state index contributed by atoms with van der Waals surface area (Å²) in [5, 5.41) is 21.6. The molecule has 1 heterocycles. The van der Waals surface area contributed by atoms with Gasteiger partial charge in [0.15, 0.2) is 11.5 Å². The van der Waals surface area contributed by atoms with E-state index >= 15 is 0 Å². The highest BCUT2D eigenvalue weighted by Gasteiger charge is 2.23. The molecule has 98 valence electrons. The van der Waals surface area contributed by atoms with Crippen LogP contribution in [0.15, 0.2) is 12.1 Å². The van der Waals surface area contributed by atoms with E-state index < -0.39 is 10.8 Å². The molecule has 0 atom stereocenters. The highest BCUT2D eigenvalue weighted by atomic mass is 16.6. The molecule has 0 fully saturated rings. The van der Waals surface area contributed by atoms with Gasteiger partial charge in [0.25, 0.3) is 5.69 Å². The molecule has 1 aliphatic heterocycles. The van der Waals surface area contributed by atoms with Crippen LogP contribution in [0.5, 0.6) is 11.5 Å². The molecule has 8 nitrogen and oxygen atoms in total. The summed E-state index contributed by atoms with van der Waals surface area (Å²) in [5.41, 5.74) is -0.329. The minimum atomic E-state index is -0.639. The maximum Gasteiger partial charge on any atom is 0.296 e. The van der Waals surface area contributed by atoms with Gasteiger partial charge in [-0.25, -0.2) is 0 Å². The molecular weight excluding hydrogens is 254 g/mol. The number of nitrogens with zero attached hydrogens (tertiary/aromatic N) is 2. The Hall–Kier alpha value is -2.82. The standard InChI is InChI=1S/C11H9N3O5/c12-2-1-11(15)13-7-5-9-10(19-4-3-18-9)6-8(7)14(16)17/h5-6H,1,3-4H2,(H,13,15). The van der Waals surface area contributed by atoms with Crippen molar-refractivity contribution in [3.8, 4) is 17.6 Å². The van der Waals surface area contributed by atoms with Crippen LogP contribution in [0, 0.1) is 21.4 Å². The predicted octanol–water partition coefficient (Wildman–Crippen LogP) is 1.22. The average molecular weight is 263 g/mol. The number of hydrogen-bond donors (Lipinski definition) is 1. The van der Waals surface area contributed by atoms with Crippen molar-refractivity contribution < 1.29 is 19.2 Å². The Morgan fingerprint density at radius 3 is 2.63 bits per heavy atom. The van der Waals surface area contributed by atoms with E-state index in [-0.39, 0.29) is 23.5 Å². The fourth-order valence-electron chi connectivity index (χ4n) is 1.60. The molecule has 0 bridgehead atoms. The number of carbonyl (C=O) groups excluding carboxylic acids is 1. The van der Waals surface area contributed by atoms with Crippen LogP contribution in [0.4, 0.5) is 11.4 Å². The zero-order chi connectivity index (χ0) is 13.8. The van der Waals surface area contributed by atoms with Crippen molar-refractivity contribution in [1.82, 2.24) is 0 Å². The molecule has 0 aromatic heterocycles. The lowest BCUT2D eigenvalue weighted by molar-refractivity contribution is -0.384. The lowest BCUT2D eigenvalue weighted by atomic mass is 10.2. The summed E-state index contributed by atoms with van der Waals surface area (Å²) in [5.74, 6) is -0.0392. The first-order valence-electron chi connectivity index (χ1n) is 5.36. The van der Waals surface area contributed by atoms with Gasteiger partial charge >= 0.3 is 0 Å². The summed E-state index contributed by atoms with van der Waals surface area (Å²) in [6.07, 6.45) is -0.383. The first-order chi connectivity index (χ1) is 9.11. The van der Waals surface area contributed by atoms with Gasteiger partial charge in [-0.3, -0.25) is 14.9 Å². The molecule has 0 radical (unpaired) electrons. The van der Waals surface area contributed by atoms with Crippen molar-refractivity contribution >= 4 is 17.3 Å². The van der Waals surface area contributed by atoms with Crippen molar-refractivity contribution in [3.05, 3.63) is 22.2 Å². The molecule has 0 spiro atoms. The van der Waals surface area contributed by atoms with Gasteiger partial charge in [0.05, 0.1) is 17.1 Å². The van der Waals surface area contributed by atoms with E-state index in [1.165, 1.54) is 12.1 Å².